The van der Waals surface area contributed by atoms with E-state index in [0.717, 1.165) is 5.56 Å². The number of carboxylic acids is 1. The summed E-state index contributed by atoms with van der Waals surface area (Å²) in [7, 11) is 0. The average molecular weight is 336 g/mol. The number of quaternary nitrogens is 1. The number of carbonyl (C=O) groups is 2. The second-order valence-corrected chi connectivity index (χ2v) is 5.56. The molecule has 120 valence electrons. The lowest BCUT2D eigenvalue weighted by Gasteiger charge is -2.16. The highest BCUT2D eigenvalue weighted by molar-refractivity contribution is 6.30. The van der Waals surface area contributed by atoms with Gasteiger partial charge in [0.15, 0.2) is 5.78 Å². The third kappa shape index (κ3) is 5.16. The molecule has 0 radical (unpaired) electrons. The monoisotopic (exact) mass is 335 g/mol. The maximum Gasteiger partial charge on any atom is 0.169 e. The second kappa shape index (κ2) is 7.85. The summed E-state index contributed by atoms with van der Waals surface area (Å²) in [5.41, 5.74) is 1.16. The third-order valence-electron chi connectivity index (χ3n) is 3.43. The van der Waals surface area contributed by atoms with Gasteiger partial charge in [-0.2, -0.15) is 0 Å². The van der Waals surface area contributed by atoms with Crippen molar-refractivity contribution < 1.29 is 24.4 Å². The Labute approximate surface area is 137 Å². The van der Waals surface area contributed by atoms with Gasteiger partial charge in [-0.05, 0) is 36.4 Å². The lowest BCUT2D eigenvalue weighted by molar-refractivity contribution is -0.697. The summed E-state index contributed by atoms with van der Waals surface area (Å²) < 4.78 is 12.8. The molecule has 0 aliphatic rings. The lowest BCUT2D eigenvalue weighted by atomic mass is 10.0. The number of Topliss-reactive ketones (excluding diaryl/α,β-unsaturated/α-hetero) is 1. The van der Waals surface area contributed by atoms with Gasteiger partial charge >= 0.3 is 0 Å². The Morgan fingerprint density at radius 2 is 1.70 bits per heavy atom. The van der Waals surface area contributed by atoms with E-state index in [9.17, 15) is 19.1 Å². The van der Waals surface area contributed by atoms with E-state index in [4.69, 9.17) is 11.6 Å². The van der Waals surface area contributed by atoms with Crippen LogP contribution in [0.1, 0.15) is 22.3 Å². The summed E-state index contributed by atoms with van der Waals surface area (Å²) in [6, 6.07) is 11.0. The lowest BCUT2D eigenvalue weighted by Crippen LogP contribution is -2.92. The van der Waals surface area contributed by atoms with Gasteiger partial charge in [0, 0.05) is 16.1 Å². The molecule has 0 aromatic heterocycles. The first-order valence-electron chi connectivity index (χ1n) is 7.03. The molecule has 0 bridgehead atoms. The van der Waals surface area contributed by atoms with Crippen LogP contribution >= 0.6 is 11.6 Å². The van der Waals surface area contributed by atoms with Crippen LogP contribution in [-0.2, 0) is 11.3 Å². The van der Waals surface area contributed by atoms with Crippen LogP contribution in [0, 0.1) is 5.82 Å². The maximum atomic E-state index is 12.8. The molecular weight excluding hydrogens is 321 g/mol. The van der Waals surface area contributed by atoms with Crippen LogP contribution < -0.4 is 10.4 Å². The van der Waals surface area contributed by atoms with Crippen molar-refractivity contribution in [1.82, 2.24) is 0 Å². The Kier molecular flexibility index (Phi) is 5.84. The minimum atomic E-state index is -1.31. The van der Waals surface area contributed by atoms with Gasteiger partial charge in [0.2, 0.25) is 0 Å². The fraction of sp³-hybridized carbons (Fsp3) is 0.176. The van der Waals surface area contributed by atoms with Crippen molar-refractivity contribution in [3.05, 3.63) is 70.5 Å². The van der Waals surface area contributed by atoms with Crippen LogP contribution in [0.4, 0.5) is 4.39 Å². The fourth-order valence-electron chi connectivity index (χ4n) is 2.12. The van der Waals surface area contributed by atoms with Crippen molar-refractivity contribution in [3.63, 3.8) is 0 Å². The quantitative estimate of drug-likeness (QED) is 0.765. The molecule has 0 aliphatic carbocycles. The second-order valence-electron chi connectivity index (χ2n) is 5.13. The minimum absolute atomic E-state index is 0.189. The summed E-state index contributed by atoms with van der Waals surface area (Å²) in [6.07, 6.45) is -0.189. The number of hydrogen-bond acceptors (Lipinski definition) is 3. The summed E-state index contributed by atoms with van der Waals surface area (Å²) in [6.45, 7) is 0.312. The molecule has 4 nitrogen and oxygen atoms in total. The largest absolute Gasteiger partial charge is 0.544 e. The maximum absolute atomic E-state index is 12.8. The molecule has 23 heavy (non-hydrogen) atoms. The van der Waals surface area contributed by atoms with E-state index < -0.39 is 12.0 Å². The Bertz CT molecular complexity index is 686. The van der Waals surface area contributed by atoms with Crippen LogP contribution in [0.3, 0.4) is 0 Å². The van der Waals surface area contributed by atoms with Gasteiger partial charge < -0.3 is 15.2 Å². The Hall–Kier alpha value is -2.24. The molecule has 0 unspecified atom stereocenters. The number of hydrogen-bond donors (Lipinski definition) is 1. The van der Waals surface area contributed by atoms with Gasteiger partial charge in [0.05, 0.1) is 12.4 Å². The van der Waals surface area contributed by atoms with Gasteiger partial charge in [-0.25, -0.2) is 4.39 Å². The Morgan fingerprint density at radius 1 is 1.09 bits per heavy atom. The number of benzene rings is 2. The van der Waals surface area contributed by atoms with Crippen molar-refractivity contribution in [2.75, 3.05) is 0 Å². The van der Waals surface area contributed by atoms with Crippen molar-refractivity contribution in [2.45, 2.75) is 19.0 Å². The zero-order valence-corrected chi connectivity index (χ0v) is 12.9. The summed E-state index contributed by atoms with van der Waals surface area (Å²) in [5, 5.41) is 13.2. The first-order valence-corrected chi connectivity index (χ1v) is 7.41. The van der Waals surface area contributed by atoms with Gasteiger partial charge in [0.25, 0.3) is 0 Å². The van der Waals surface area contributed by atoms with Crippen molar-refractivity contribution in [2.24, 2.45) is 0 Å². The van der Waals surface area contributed by atoms with E-state index in [1.807, 2.05) is 0 Å². The Balaban J connectivity index is 1.98. The minimum Gasteiger partial charge on any atom is -0.544 e. The summed E-state index contributed by atoms with van der Waals surface area (Å²) in [4.78, 5) is 23.3. The number of carbonyl (C=O) groups excluding carboxylic acids is 2. The van der Waals surface area contributed by atoms with Crippen molar-refractivity contribution in [3.8, 4) is 0 Å². The van der Waals surface area contributed by atoms with E-state index in [1.54, 1.807) is 36.4 Å². The van der Waals surface area contributed by atoms with Crippen LogP contribution in [0.2, 0.25) is 5.02 Å². The highest BCUT2D eigenvalue weighted by Crippen LogP contribution is 2.11. The van der Waals surface area contributed by atoms with Gasteiger partial charge in [0.1, 0.15) is 18.4 Å². The zero-order valence-electron chi connectivity index (χ0n) is 12.2. The molecule has 0 aliphatic heterocycles. The molecule has 2 rings (SSSR count). The van der Waals surface area contributed by atoms with Gasteiger partial charge in [-0.3, -0.25) is 4.79 Å². The van der Waals surface area contributed by atoms with Crippen LogP contribution in [0.25, 0.3) is 0 Å². The number of carboxylic acid groups (broad SMARTS) is 1. The van der Waals surface area contributed by atoms with Crippen molar-refractivity contribution >= 4 is 23.4 Å². The SMILES string of the molecule is O=C(C[C@H]([NH2+]Cc1ccc(F)cc1)C(=O)[O-])c1ccc(Cl)cc1. The standard InChI is InChI=1S/C17H15ClFNO3/c18-13-5-3-12(4-6-13)16(21)9-15(17(22)23)20-10-11-1-7-14(19)8-2-11/h1-8,15,20H,9-10H2,(H,22,23)/t15-/m0/s1. The first-order chi connectivity index (χ1) is 11.0. The molecule has 2 aromatic rings. The van der Waals surface area contributed by atoms with E-state index in [-0.39, 0.29) is 18.0 Å². The molecule has 0 spiro atoms. The predicted molar refractivity (Wildman–Crippen MR) is 81.2 cm³/mol. The van der Waals surface area contributed by atoms with E-state index in [0.29, 0.717) is 17.1 Å². The number of ketones is 1. The molecule has 1 atom stereocenters. The van der Waals surface area contributed by atoms with Crippen LogP contribution in [-0.4, -0.2) is 17.8 Å². The van der Waals surface area contributed by atoms with E-state index in [1.165, 1.54) is 17.4 Å². The fourth-order valence-corrected chi connectivity index (χ4v) is 2.24. The zero-order chi connectivity index (χ0) is 16.8. The van der Waals surface area contributed by atoms with Crippen molar-refractivity contribution in [1.29, 1.82) is 0 Å². The predicted octanol–water partition coefficient (Wildman–Crippen LogP) is 0.934. The van der Waals surface area contributed by atoms with E-state index >= 15 is 0 Å². The molecule has 2 N–H and O–H groups in total. The third-order valence-corrected chi connectivity index (χ3v) is 3.68. The van der Waals surface area contributed by atoms with E-state index in [2.05, 4.69) is 0 Å². The first kappa shape index (κ1) is 17.1. The molecule has 0 fully saturated rings. The molecule has 2 aromatic carbocycles. The highest BCUT2D eigenvalue weighted by Gasteiger charge is 2.19. The molecule has 6 heteroatoms. The topological polar surface area (TPSA) is 73.8 Å². The Morgan fingerprint density at radius 3 is 2.26 bits per heavy atom. The average Bonchev–Trinajstić information content (AvgIpc) is 2.53. The number of rotatable bonds is 7. The molecular formula is C17H15ClFNO3. The molecule has 0 saturated carbocycles. The highest BCUT2D eigenvalue weighted by atomic mass is 35.5. The number of aliphatic carboxylic acids is 1. The normalized spacial score (nSPS) is 11.9. The smallest absolute Gasteiger partial charge is 0.169 e. The van der Waals surface area contributed by atoms with Gasteiger partial charge in [-0.1, -0.05) is 23.7 Å². The molecule has 0 amide bonds. The molecule has 0 heterocycles. The summed E-state index contributed by atoms with van der Waals surface area (Å²) in [5.74, 6) is -1.97. The van der Waals surface area contributed by atoms with Crippen LogP contribution in [0.5, 0.6) is 0 Å². The number of nitrogens with two attached hydrogens (primary N) is 1. The number of halogens is 2. The molecule has 0 saturated heterocycles. The van der Waals surface area contributed by atoms with Gasteiger partial charge in [-0.15, -0.1) is 0 Å². The van der Waals surface area contributed by atoms with Crippen LogP contribution in [0.15, 0.2) is 48.5 Å². The summed E-state index contributed by atoms with van der Waals surface area (Å²) >= 11 is 5.75.